The minimum absolute atomic E-state index is 0.130. The lowest BCUT2D eigenvalue weighted by molar-refractivity contribution is 0.618. The molecule has 0 saturated carbocycles. The lowest BCUT2D eigenvalue weighted by Crippen LogP contribution is -2.00. The summed E-state index contributed by atoms with van der Waals surface area (Å²) >= 11 is 0. The van der Waals surface area contributed by atoms with E-state index in [2.05, 4.69) is 25.6 Å². The van der Waals surface area contributed by atoms with E-state index < -0.39 is 0 Å². The van der Waals surface area contributed by atoms with Gasteiger partial charge in [0, 0.05) is 29.6 Å². The number of aromatic nitrogens is 5. The predicted molar refractivity (Wildman–Crippen MR) is 78.9 cm³/mol. The number of fused-ring (bicyclic) bond motifs is 1. The number of benzene rings is 1. The Labute approximate surface area is 123 Å². The number of hydrogen-bond donors (Lipinski definition) is 1. The molecule has 4 rings (SSSR count). The molecule has 0 amide bonds. The van der Waals surface area contributed by atoms with E-state index in [4.69, 9.17) is 4.42 Å². The largest absolute Gasteiger partial charge is 0.456 e. The second kappa shape index (κ2) is 4.88. The van der Waals surface area contributed by atoms with Crippen LogP contribution < -0.4 is 5.43 Å². The van der Waals surface area contributed by atoms with E-state index in [0.717, 1.165) is 11.1 Å². The second-order valence-corrected chi connectivity index (χ2v) is 4.68. The number of tetrazole rings is 1. The average molecular weight is 291 g/mol. The molecule has 4 aromatic rings. The van der Waals surface area contributed by atoms with Crippen LogP contribution >= 0.6 is 0 Å². The van der Waals surface area contributed by atoms with Crippen LogP contribution in [0.1, 0.15) is 0 Å². The average Bonchev–Trinajstić information content (AvgIpc) is 3.10. The SMILES string of the molecule is O=c1cc(-c2cccnc2)oc2ccc(-c3nnn[nH]3)cc12. The summed E-state index contributed by atoms with van der Waals surface area (Å²) in [6, 6.07) is 10.3. The molecule has 0 radical (unpaired) electrons. The molecule has 3 aromatic heterocycles. The Morgan fingerprint density at radius 2 is 2.05 bits per heavy atom. The minimum atomic E-state index is -0.130. The van der Waals surface area contributed by atoms with Crippen LogP contribution in [-0.2, 0) is 0 Å². The molecule has 0 spiro atoms. The normalized spacial score (nSPS) is 10.9. The monoisotopic (exact) mass is 291 g/mol. The van der Waals surface area contributed by atoms with Gasteiger partial charge in [-0.25, -0.2) is 5.10 Å². The van der Waals surface area contributed by atoms with Gasteiger partial charge in [-0.1, -0.05) is 0 Å². The van der Waals surface area contributed by atoms with Gasteiger partial charge in [-0.15, -0.1) is 5.10 Å². The highest BCUT2D eigenvalue weighted by Gasteiger charge is 2.09. The van der Waals surface area contributed by atoms with Gasteiger partial charge >= 0.3 is 0 Å². The van der Waals surface area contributed by atoms with Crippen LogP contribution in [-0.4, -0.2) is 25.6 Å². The number of rotatable bonds is 2. The molecular formula is C15H9N5O2. The third-order valence-electron chi connectivity index (χ3n) is 3.29. The van der Waals surface area contributed by atoms with Crippen molar-refractivity contribution in [3.63, 3.8) is 0 Å². The number of aromatic amines is 1. The van der Waals surface area contributed by atoms with Crippen molar-refractivity contribution < 1.29 is 4.42 Å². The first-order valence-corrected chi connectivity index (χ1v) is 6.54. The highest BCUT2D eigenvalue weighted by atomic mass is 16.3. The van der Waals surface area contributed by atoms with Gasteiger partial charge in [-0.05, 0) is 40.8 Å². The quantitative estimate of drug-likeness (QED) is 0.607. The number of H-pyrrole nitrogens is 1. The molecule has 0 aliphatic rings. The Kier molecular flexibility index (Phi) is 2.75. The van der Waals surface area contributed by atoms with Crippen molar-refractivity contribution >= 4 is 11.0 Å². The van der Waals surface area contributed by atoms with E-state index in [9.17, 15) is 4.79 Å². The summed E-state index contributed by atoms with van der Waals surface area (Å²) in [6.07, 6.45) is 3.32. The van der Waals surface area contributed by atoms with E-state index in [1.165, 1.54) is 6.07 Å². The van der Waals surface area contributed by atoms with Crippen molar-refractivity contribution in [2.75, 3.05) is 0 Å². The zero-order valence-electron chi connectivity index (χ0n) is 11.2. The molecule has 0 unspecified atom stereocenters. The van der Waals surface area contributed by atoms with Gasteiger partial charge in [0.05, 0.1) is 5.39 Å². The van der Waals surface area contributed by atoms with Crippen LogP contribution in [0, 0.1) is 0 Å². The molecule has 106 valence electrons. The Hall–Kier alpha value is -3.35. The van der Waals surface area contributed by atoms with Crippen molar-refractivity contribution in [1.29, 1.82) is 0 Å². The van der Waals surface area contributed by atoms with E-state index in [1.54, 1.807) is 36.7 Å². The second-order valence-electron chi connectivity index (χ2n) is 4.68. The highest BCUT2D eigenvalue weighted by Crippen LogP contribution is 2.24. The zero-order valence-corrected chi connectivity index (χ0v) is 11.2. The Morgan fingerprint density at radius 1 is 1.09 bits per heavy atom. The molecule has 0 fully saturated rings. The van der Waals surface area contributed by atoms with E-state index in [0.29, 0.717) is 22.6 Å². The number of hydrogen-bond acceptors (Lipinski definition) is 6. The van der Waals surface area contributed by atoms with Crippen molar-refractivity contribution in [2.45, 2.75) is 0 Å². The molecule has 7 heteroatoms. The molecule has 1 aromatic carbocycles. The Morgan fingerprint density at radius 3 is 2.82 bits per heavy atom. The van der Waals surface area contributed by atoms with Gasteiger partial charge < -0.3 is 4.42 Å². The van der Waals surface area contributed by atoms with Gasteiger partial charge in [0.25, 0.3) is 0 Å². The maximum atomic E-state index is 12.4. The fraction of sp³-hybridized carbons (Fsp3) is 0. The van der Waals surface area contributed by atoms with Gasteiger partial charge in [0.1, 0.15) is 11.3 Å². The summed E-state index contributed by atoms with van der Waals surface area (Å²) < 4.78 is 5.80. The summed E-state index contributed by atoms with van der Waals surface area (Å²) in [5.74, 6) is 0.984. The zero-order chi connectivity index (χ0) is 14.9. The van der Waals surface area contributed by atoms with Gasteiger partial charge in [0.2, 0.25) is 0 Å². The number of nitrogens with zero attached hydrogens (tertiary/aromatic N) is 4. The number of pyridine rings is 1. The van der Waals surface area contributed by atoms with Crippen molar-refractivity contribution in [3.05, 3.63) is 59.0 Å². The lowest BCUT2D eigenvalue weighted by atomic mass is 10.1. The standard InChI is InChI=1S/C15H9N5O2/c21-12-7-14(10-2-1-5-16-8-10)22-13-4-3-9(6-11(12)13)15-17-19-20-18-15/h1-8H,(H,17,18,19,20). The fourth-order valence-electron chi connectivity index (χ4n) is 2.24. The summed E-state index contributed by atoms with van der Waals surface area (Å²) in [4.78, 5) is 16.4. The van der Waals surface area contributed by atoms with Crippen LogP contribution in [0.4, 0.5) is 0 Å². The Balaban J connectivity index is 1.90. The van der Waals surface area contributed by atoms with Crippen molar-refractivity contribution in [2.24, 2.45) is 0 Å². The first-order valence-electron chi connectivity index (χ1n) is 6.54. The molecule has 7 nitrogen and oxygen atoms in total. The smallest absolute Gasteiger partial charge is 0.193 e. The first kappa shape index (κ1) is 12.4. The van der Waals surface area contributed by atoms with E-state index in [-0.39, 0.29) is 5.43 Å². The van der Waals surface area contributed by atoms with Crippen molar-refractivity contribution in [3.8, 4) is 22.7 Å². The van der Waals surface area contributed by atoms with E-state index in [1.807, 2.05) is 6.07 Å². The molecule has 0 aliphatic heterocycles. The van der Waals surface area contributed by atoms with Crippen LogP contribution in [0.5, 0.6) is 0 Å². The van der Waals surface area contributed by atoms with Crippen LogP contribution in [0.25, 0.3) is 33.7 Å². The lowest BCUT2D eigenvalue weighted by Gasteiger charge is -2.03. The molecule has 1 N–H and O–H groups in total. The summed E-state index contributed by atoms with van der Waals surface area (Å²) in [5.41, 5.74) is 1.85. The molecule has 22 heavy (non-hydrogen) atoms. The van der Waals surface area contributed by atoms with Crippen LogP contribution in [0.15, 0.2) is 58.0 Å². The molecule has 3 heterocycles. The maximum Gasteiger partial charge on any atom is 0.193 e. The van der Waals surface area contributed by atoms with Gasteiger partial charge in [0.15, 0.2) is 11.3 Å². The third kappa shape index (κ3) is 2.05. The molecule has 0 aliphatic carbocycles. The fourth-order valence-corrected chi connectivity index (χ4v) is 2.24. The molecule has 0 bridgehead atoms. The predicted octanol–water partition coefficient (Wildman–Crippen LogP) is 2.04. The third-order valence-corrected chi connectivity index (χ3v) is 3.29. The summed E-state index contributed by atoms with van der Waals surface area (Å²) in [5, 5.41) is 14.0. The summed E-state index contributed by atoms with van der Waals surface area (Å²) in [7, 11) is 0. The Bertz CT molecular complexity index is 994. The summed E-state index contributed by atoms with van der Waals surface area (Å²) in [6.45, 7) is 0. The minimum Gasteiger partial charge on any atom is -0.456 e. The highest BCUT2D eigenvalue weighted by molar-refractivity contribution is 5.83. The molecular weight excluding hydrogens is 282 g/mol. The topological polar surface area (TPSA) is 97.6 Å². The van der Waals surface area contributed by atoms with Crippen molar-refractivity contribution in [1.82, 2.24) is 25.6 Å². The van der Waals surface area contributed by atoms with Crippen LogP contribution in [0.3, 0.4) is 0 Å². The van der Waals surface area contributed by atoms with Gasteiger partial charge in [-0.3, -0.25) is 9.78 Å². The maximum absolute atomic E-state index is 12.4. The molecule has 0 saturated heterocycles. The van der Waals surface area contributed by atoms with E-state index >= 15 is 0 Å². The van der Waals surface area contributed by atoms with Crippen LogP contribution in [0.2, 0.25) is 0 Å². The van der Waals surface area contributed by atoms with Gasteiger partial charge in [-0.2, -0.15) is 0 Å². The molecule has 0 atom stereocenters. The number of nitrogens with one attached hydrogen (secondary N) is 1. The first-order chi connectivity index (χ1) is 10.8.